The summed E-state index contributed by atoms with van der Waals surface area (Å²) in [7, 11) is 1.38. The molecule has 1 aromatic carbocycles. The predicted octanol–water partition coefficient (Wildman–Crippen LogP) is 2.73. The minimum Gasteiger partial charge on any atom is -0.494 e. The van der Waals surface area contributed by atoms with Crippen LogP contribution < -0.4 is 10.1 Å². The van der Waals surface area contributed by atoms with E-state index in [-0.39, 0.29) is 5.97 Å². The van der Waals surface area contributed by atoms with Crippen molar-refractivity contribution in [1.29, 1.82) is 0 Å². The lowest BCUT2D eigenvalue weighted by Gasteiger charge is -2.22. The van der Waals surface area contributed by atoms with Gasteiger partial charge in [0.1, 0.15) is 5.75 Å². The van der Waals surface area contributed by atoms with Gasteiger partial charge >= 0.3 is 5.97 Å². The molecule has 1 unspecified atom stereocenters. The molecule has 1 saturated heterocycles. The second-order valence-corrected chi connectivity index (χ2v) is 6.47. The molecule has 21 heavy (non-hydrogen) atoms. The van der Waals surface area contributed by atoms with Crippen molar-refractivity contribution in [3.8, 4) is 5.75 Å². The van der Waals surface area contributed by atoms with Gasteiger partial charge in [-0.15, -0.1) is 0 Å². The summed E-state index contributed by atoms with van der Waals surface area (Å²) in [5.74, 6) is 1.61. The largest absolute Gasteiger partial charge is 0.494 e. The molecule has 116 valence electrons. The van der Waals surface area contributed by atoms with E-state index in [0.29, 0.717) is 12.2 Å². The molecule has 1 aliphatic rings. The SMILES string of the molecule is COC(=O)c1ccc(OCCCSC2CCCNC2)cc1. The molecular weight excluding hydrogens is 286 g/mol. The highest BCUT2D eigenvalue weighted by Crippen LogP contribution is 2.19. The highest BCUT2D eigenvalue weighted by Gasteiger charge is 2.12. The molecule has 0 saturated carbocycles. The fourth-order valence-electron chi connectivity index (χ4n) is 2.27. The van der Waals surface area contributed by atoms with Crippen LogP contribution in [0.4, 0.5) is 0 Å². The van der Waals surface area contributed by atoms with Crippen LogP contribution in [-0.4, -0.2) is 43.8 Å². The summed E-state index contributed by atoms with van der Waals surface area (Å²) in [6.07, 6.45) is 3.66. The Kier molecular flexibility index (Phi) is 6.89. The molecule has 0 spiro atoms. The van der Waals surface area contributed by atoms with Crippen molar-refractivity contribution in [2.24, 2.45) is 0 Å². The summed E-state index contributed by atoms with van der Waals surface area (Å²) >= 11 is 2.04. The molecule has 5 heteroatoms. The number of nitrogens with one attached hydrogen (secondary N) is 1. The van der Waals surface area contributed by atoms with E-state index < -0.39 is 0 Å². The van der Waals surface area contributed by atoms with Crippen LogP contribution in [0.1, 0.15) is 29.6 Å². The van der Waals surface area contributed by atoms with Gasteiger partial charge in [-0.3, -0.25) is 0 Å². The van der Waals surface area contributed by atoms with Crippen LogP contribution in [0.3, 0.4) is 0 Å². The van der Waals surface area contributed by atoms with Crippen LogP contribution in [0.5, 0.6) is 5.75 Å². The third kappa shape index (κ3) is 5.59. The lowest BCUT2D eigenvalue weighted by Crippen LogP contribution is -2.31. The number of hydrogen-bond donors (Lipinski definition) is 1. The average molecular weight is 309 g/mol. The van der Waals surface area contributed by atoms with E-state index >= 15 is 0 Å². The molecule has 1 atom stereocenters. The van der Waals surface area contributed by atoms with E-state index in [2.05, 4.69) is 10.1 Å². The van der Waals surface area contributed by atoms with Crippen molar-refractivity contribution >= 4 is 17.7 Å². The maximum Gasteiger partial charge on any atom is 0.337 e. The number of benzene rings is 1. The average Bonchev–Trinajstić information content (AvgIpc) is 2.55. The topological polar surface area (TPSA) is 47.6 Å². The van der Waals surface area contributed by atoms with Crippen LogP contribution in [0, 0.1) is 0 Å². The van der Waals surface area contributed by atoms with E-state index in [4.69, 9.17) is 4.74 Å². The van der Waals surface area contributed by atoms with Crippen molar-refractivity contribution in [2.45, 2.75) is 24.5 Å². The zero-order chi connectivity index (χ0) is 14.9. The van der Waals surface area contributed by atoms with E-state index in [1.165, 1.54) is 26.5 Å². The van der Waals surface area contributed by atoms with Crippen molar-refractivity contribution < 1.29 is 14.3 Å². The van der Waals surface area contributed by atoms with Gasteiger partial charge in [-0.05, 0) is 55.8 Å². The third-order valence-corrected chi connectivity index (χ3v) is 4.84. The van der Waals surface area contributed by atoms with E-state index in [0.717, 1.165) is 29.7 Å². The van der Waals surface area contributed by atoms with Gasteiger partial charge in [-0.25, -0.2) is 4.79 Å². The molecule has 0 amide bonds. The Labute approximate surface area is 130 Å². The standard InChI is InChI=1S/C16H23NO3S/c1-19-16(18)13-5-7-14(8-6-13)20-10-3-11-21-15-4-2-9-17-12-15/h5-8,15,17H,2-4,9-12H2,1H3. The van der Waals surface area contributed by atoms with Gasteiger partial charge in [0, 0.05) is 11.8 Å². The smallest absolute Gasteiger partial charge is 0.337 e. The Hall–Kier alpha value is -1.20. The number of rotatable bonds is 7. The van der Waals surface area contributed by atoms with E-state index in [1.54, 1.807) is 12.1 Å². The van der Waals surface area contributed by atoms with Gasteiger partial charge in [0.15, 0.2) is 0 Å². The number of carbonyl (C=O) groups is 1. The van der Waals surface area contributed by atoms with Gasteiger partial charge in [0.2, 0.25) is 0 Å². The molecule has 0 aliphatic carbocycles. The molecule has 2 rings (SSSR count). The third-order valence-electron chi connectivity index (χ3n) is 3.44. The maximum absolute atomic E-state index is 11.3. The zero-order valence-electron chi connectivity index (χ0n) is 12.5. The Bertz CT molecular complexity index is 430. The minimum absolute atomic E-state index is 0.320. The maximum atomic E-state index is 11.3. The summed E-state index contributed by atoms with van der Waals surface area (Å²) in [5, 5.41) is 4.19. The highest BCUT2D eigenvalue weighted by atomic mass is 32.2. The molecule has 1 fully saturated rings. The molecule has 4 nitrogen and oxygen atoms in total. The molecule has 1 N–H and O–H groups in total. The Morgan fingerprint density at radius 2 is 2.19 bits per heavy atom. The van der Waals surface area contributed by atoms with Crippen molar-refractivity contribution in [3.63, 3.8) is 0 Å². The van der Waals surface area contributed by atoms with Crippen LogP contribution >= 0.6 is 11.8 Å². The van der Waals surface area contributed by atoms with Crippen molar-refractivity contribution in [2.75, 3.05) is 32.6 Å². The first-order valence-electron chi connectivity index (χ1n) is 7.43. The summed E-state index contributed by atoms with van der Waals surface area (Å²) < 4.78 is 10.3. The van der Waals surface area contributed by atoms with Crippen LogP contribution in [0.25, 0.3) is 0 Å². The van der Waals surface area contributed by atoms with Gasteiger partial charge in [0.25, 0.3) is 0 Å². The summed E-state index contributed by atoms with van der Waals surface area (Å²) in [6.45, 7) is 3.02. The first-order valence-corrected chi connectivity index (χ1v) is 8.48. The number of methoxy groups -OCH3 is 1. The summed E-state index contributed by atoms with van der Waals surface area (Å²) in [4.78, 5) is 11.3. The molecule has 1 heterocycles. The van der Waals surface area contributed by atoms with Gasteiger partial charge in [-0.2, -0.15) is 11.8 Å². The quantitative estimate of drug-likeness (QED) is 0.620. The van der Waals surface area contributed by atoms with E-state index in [9.17, 15) is 4.79 Å². The number of piperidine rings is 1. The summed E-state index contributed by atoms with van der Waals surface area (Å²) in [6, 6.07) is 7.07. The first-order chi connectivity index (χ1) is 10.3. The first kappa shape index (κ1) is 16.2. The highest BCUT2D eigenvalue weighted by molar-refractivity contribution is 7.99. The second kappa shape index (κ2) is 8.95. The monoisotopic (exact) mass is 309 g/mol. The number of thioether (sulfide) groups is 1. The Morgan fingerprint density at radius 1 is 1.38 bits per heavy atom. The molecule has 1 aliphatic heterocycles. The van der Waals surface area contributed by atoms with Crippen LogP contribution in [-0.2, 0) is 4.74 Å². The molecule has 0 bridgehead atoms. The fraction of sp³-hybridized carbons (Fsp3) is 0.562. The molecule has 0 aromatic heterocycles. The number of carbonyl (C=O) groups excluding carboxylic acids is 1. The molecule has 1 aromatic rings. The van der Waals surface area contributed by atoms with Crippen LogP contribution in [0.15, 0.2) is 24.3 Å². The molecular formula is C16H23NO3S. The summed E-state index contributed by atoms with van der Waals surface area (Å²) in [5.41, 5.74) is 0.546. The van der Waals surface area contributed by atoms with Crippen LogP contribution in [0.2, 0.25) is 0 Å². The Balaban J connectivity index is 1.61. The van der Waals surface area contributed by atoms with Gasteiger partial charge < -0.3 is 14.8 Å². The minimum atomic E-state index is -0.320. The van der Waals surface area contributed by atoms with Crippen molar-refractivity contribution in [1.82, 2.24) is 5.32 Å². The zero-order valence-corrected chi connectivity index (χ0v) is 13.3. The molecule has 0 radical (unpaired) electrons. The number of esters is 1. The Morgan fingerprint density at radius 3 is 2.86 bits per heavy atom. The lowest BCUT2D eigenvalue weighted by atomic mass is 10.2. The van der Waals surface area contributed by atoms with Gasteiger partial charge in [-0.1, -0.05) is 0 Å². The fourth-order valence-corrected chi connectivity index (χ4v) is 3.45. The second-order valence-electron chi connectivity index (χ2n) is 5.06. The van der Waals surface area contributed by atoms with Crippen molar-refractivity contribution in [3.05, 3.63) is 29.8 Å². The lowest BCUT2D eigenvalue weighted by molar-refractivity contribution is 0.0600. The number of hydrogen-bond acceptors (Lipinski definition) is 5. The van der Waals surface area contributed by atoms with Gasteiger partial charge in [0.05, 0.1) is 19.3 Å². The number of ether oxygens (including phenoxy) is 2. The predicted molar refractivity (Wildman–Crippen MR) is 86.2 cm³/mol. The normalized spacial score (nSPS) is 18.2. The van der Waals surface area contributed by atoms with E-state index in [1.807, 2.05) is 23.9 Å².